The van der Waals surface area contributed by atoms with E-state index in [0.29, 0.717) is 18.4 Å². The van der Waals surface area contributed by atoms with Crippen molar-refractivity contribution in [2.24, 2.45) is 23.5 Å². The van der Waals surface area contributed by atoms with Crippen molar-refractivity contribution >= 4 is 23.1 Å². The van der Waals surface area contributed by atoms with Gasteiger partial charge in [-0.1, -0.05) is 33.0 Å². The number of carbonyl (C=O) groups is 1. The molecule has 0 spiro atoms. The van der Waals surface area contributed by atoms with Gasteiger partial charge in [-0.2, -0.15) is 0 Å². The Hall–Kier alpha value is -0.640. The molecule has 0 aliphatic carbocycles. The number of rotatable bonds is 5. The van der Waals surface area contributed by atoms with Crippen LogP contribution in [0.15, 0.2) is 0 Å². The molecule has 0 bridgehead atoms. The third-order valence-electron chi connectivity index (χ3n) is 2.56. The van der Waals surface area contributed by atoms with E-state index in [1.54, 1.807) is 6.92 Å². The average Bonchev–Trinajstić information content (AvgIpc) is 2.11. The zero-order chi connectivity index (χ0) is 11.3. The maximum atomic E-state index is 11.4. The van der Waals surface area contributed by atoms with E-state index in [2.05, 4.69) is 26.1 Å². The van der Waals surface area contributed by atoms with E-state index < -0.39 is 0 Å². The Morgan fingerprint density at radius 1 is 1.36 bits per heavy atom. The topological polar surface area (TPSA) is 55.1 Å². The van der Waals surface area contributed by atoms with Crippen LogP contribution in [0.1, 0.15) is 27.7 Å². The van der Waals surface area contributed by atoms with Crippen LogP contribution in [0, 0.1) is 17.8 Å². The Morgan fingerprint density at radius 3 is 2.21 bits per heavy atom. The number of nitrogens with one attached hydrogen (secondary N) is 1. The minimum absolute atomic E-state index is 0.0787. The summed E-state index contributed by atoms with van der Waals surface area (Å²) in [6.45, 7) is 8.78. The Kier molecular flexibility index (Phi) is 5.69. The molecule has 0 fully saturated rings. The van der Waals surface area contributed by atoms with Gasteiger partial charge in [0.1, 0.15) is 0 Å². The summed E-state index contributed by atoms with van der Waals surface area (Å²) in [6.07, 6.45) is 0. The van der Waals surface area contributed by atoms with E-state index in [-0.39, 0.29) is 16.8 Å². The standard InChI is InChI=1S/C10H20N2OS/c1-6(2)7(3)5-12-10(13)8(4)9(11)14/h6-8H,5H2,1-4H3,(H2,11,14)(H,12,13). The highest BCUT2D eigenvalue weighted by atomic mass is 32.1. The van der Waals surface area contributed by atoms with E-state index in [4.69, 9.17) is 18.0 Å². The molecule has 0 saturated heterocycles. The van der Waals surface area contributed by atoms with Gasteiger partial charge < -0.3 is 11.1 Å². The van der Waals surface area contributed by atoms with Crippen LogP contribution in [0.5, 0.6) is 0 Å². The summed E-state index contributed by atoms with van der Waals surface area (Å²) in [4.78, 5) is 11.7. The van der Waals surface area contributed by atoms with Gasteiger partial charge in [-0.05, 0) is 18.8 Å². The molecule has 3 N–H and O–H groups in total. The summed E-state index contributed by atoms with van der Waals surface area (Å²) in [7, 11) is 0. The van der Waals surface area contributed by atoms with E-state index in [9.17, 15) is 4.79 Å². The second-order valence-electron chi connectivity index (χ2n) is 4.09. The zero-order valence-electron chi connectivity index (χ0n) is 9.33. The lowest BCUT2D eigenvalue weighted by Gasteiger charge is -2.17. The summed E-state index contributed by atoms with van der Waals surface area (Å²) in [5.74, 6) is 0.585. The Labute approximate surface area is 91.4 Å². The van der Waals surface area contributed by atoms with Crippen LogP contribution in [-0.4, -0.2) is 17.4 Å². The molecule has 4 heteroatoms. The maximum Gasteiger partial charge on any atom is 0.229 e. The fraction of sp³-hybridized carbons (Fsp3) is 0.800. The molecule has 0 heterocycles. The Morgan fingerprint density at radius 2 is 1.86 bits per heavy atom. The minimum atomic E-state index is -0.371. The van der Waals surface area contributed by atoms with E-state index in [0.717, 1.165) is 0 Å². The van der Waals surface area contributed by atoms with Crippen LogP contribution in [0.2, 0.25) is 0 Å². The Bertz CT molecular complexity index is 216. The van der Waals surface area contributed by atoms with Crippen molar-refractivity contribution in [1.82, 2.24) is 5.32 Å². The number of nitrogens with two attached hydrogens (primary N) is 1. The second kappa shape index (κ2) is 5.96. The molecule has 2 unspecified atom stereocenters. The van der Waals surface area contributed by atoms with Crippen molar-refractivity contribution in [1.29, 1.82) is 0 Å². The molecule has 0 aromatic heterocycles. The van der Waals surface area contributed by atoms with Crippen LogP contribution in [0.25, 0.3) is 0 Å². The molecule has 0 aromatic carbocycles. The molecule has 0 aliphatic rings. The number of hydrogen-bond acceptors (Lipinski definition) is 2. The van der Waals surface area contributed by atoms with Crippen molar-refractivity contribution in [2.75, 3.05) is 6.54 Å². The van der Waals surface area contributed by atoms with Gasteiger partial charge in [0.05, 0.1) is 10.9 Å². The van der Waals surface area contributed by atoms with Crippen LogP contribution >= 0.6 is 12.2 Å². The SMILES string of the molecule is CC(C(=O)NCC(C)C(C)C)C(N)=S. The lowest BCUT2D eigenvalue weighted by Crippen LogP contribution is -2.38. The smallest absolute Gasteiger partial charge is 0.229 e. The van der Waals surface area contributed by atoms with Gasteiger partial charge in [0, 0.05) is 6.54 Å². The second-order valence-corrected chi connectivity index (χ2v) is 4.56. The lowest BCUT2D eigenvalue weighted by atomic mass is 9.98. The molecule has 0 rings (SSSR count). The predicted octanol–water partition coefficient (Wildman–Crippen LogP) is 1.32. The van der Waals surface area contributed by atoms with Gasteiger partial charge in [0.15, 0.2) is 0 Å². The third-order valence-corrected chi connectivity index (χ3v) is 2.91. The van der Waals surface area contributed by atoms with Gasteiger partial charge in [0.2, 0.25) is 5.91 Å². The van der Waals surface area contributed by atoms with E-state index in [1.807, 2.05) is 0 Å². The molecule has 0 aromatic rings. The van der Waals surface area contributed by atoms with Crippen LogP contribution in [0.4, 0.5) is 0 Å². The summed E-state index contributed by atoms with van der Waals surface area (Å²) >= 11 is 4.74. The van der Waals surface area contributed by atoms with Crippen molar-refractivity contribution in [3.05, 3.63) is 0 Å². The first-order valence-corrected chi connectivity index (χ1v) is 5.34. The summed E-state index contributed by atoms with van der Waals surface area (Å²) in [5.41, 5.74) is 5.37. The number of carbonyl (C=O) groups excluding carboxylic acids is 1. The van der Waals surface area contributed by atoms with Gasteiger partial charge in [-0.25, -0.2) is 0 Å². The molecule has 2 atom stereocenters. The molecular formula is C10H20N2OS. The van der Waals surface area contributed by atoms with Crippen molar-refractivity contribution in [3.63, 3.8) is 0 Å². The molecule has 3 nitrogen and oxygen atoms in total. The van der Waals surface area contributed by atoms with Crippen LogP contribution < -0.4 is 11.1 Å². The fourth-order valence-corrected chi connectivity index (χ4v) is 0.887. The highest BCUT2D eigenvalue weighted by Gasteiger charge is 2.16. The number of thiocarbonyl (C=S) groups is 1. The highest BCUT2D eigenvalue weighted by molar-refractivity contribution is 7.80. The fourth-order valence-electron chi connectivity index (χ4n) is 0.780. The Balaban J connectivity index is 3.91. The summed E-state index contributed by atoms with van der Waals surface area (Å²) in [6, 6.07) is 0. The zero-order valence-corrected chi connectivity index (χ0v) is 10.1. The van der Waals surface area contributed by atoms with Gasteiger partial charge >= 0.3 is 0 Å². The normalized spacial score (nSPS) is 14.9. The lowest BCUT2D eigenvalue weighted by molar-refractivity contribution is -0.122. The first-order chi connectivity index (χ1) is 6.36. The van der Waals surface area contributed by atoms with Gasteiger partial charge in [0.25, 0.3) is 0 Å². The molecule has 0 aliphatic heterocycles. The number of hydrogen-bond donors (Lipinski definition) is 2. The van der Waals surface area contributed by atoms with Crippen molar-refractivity contribution in [2.45, 2.75) is 27.7 Å². The van der Waals surface area contributed by atoms with Crippen molar-refractivity contribution < 1.29 is 4.79 Å². The van der Waals surface area contributed by atoms with Crippen LogP contribution in [-0.2, 0) is 4.79 Å². The third kappa shape index (κ3) is 4.56. The van der Waals surface area contributed by atoms with Gasteiger partial charge in [-0.15, -0.1) is 0 Å². The van der Waals surface area contributed by atoms with Crippen molar-refractivity contribution in [3.8, 4) is 0 Å². The molecule has 82 valence electrons. The first kappa shape index (κ1) is 13.4. The minimum Gasteiger partial charge on any atom is -0.393 e. The summed E-state index contributed by atoms with van der Waals surface area (Å²) < 4.78 is 0. The highest BCUT2D eigenvalue weighted by Crippen LogP contribution is 2.07. The molecule has 0 saturated carbocycles. The van der Waals surface area contributed by atoms with E-state index in [1.165, 1.54) is 0 Å². The molecular weight excluding hydrogens is 196 g/mol. The maximum absolute atomic E-state index is 11.4. The molecule has 0 radical (unpaired) electrons. The predicted molar refractivity (Wildman–Crippen MR) is 63.0 cm³/mol. The van der Waals surface area contributed by atoms with E-state index >= 15 is 0 Å². The summed E-state index contributed by atoms with van der Waals surface area (Å²) in [5, 5.41) is 2.84. The quantitative estimate of drug-likeness (QED) is 0.681. The van der Waals surface area contributed by atoms with Crippen LogP contribution in [0.3, 0.4) is 0 Å². The number of amides is 1. The molecule has 1 amide bonds. The first-order valence-electron chi connectivity index (χ1n) is 4.93. The average molecular weight is 216 g/mol. The van der Waals surface area contributed by atoms with Gasteiger partial charge in [-0.3, -0.25) is 4.79 Å². The monoisotopic (exact) mass is 216 g/mol. The largest absolute Gasteiger partial charge is 0.393 e. The molecule has 14 heavy (non-hydrogen) atoms.